The third kappa shape index (κ3) is 6.67. The van der Waals surface area contributed by atoms with E-state index < -0.39 is 5.97 Å². The fourth-order valence-corrected chi connectivity index (χ4v) is 2.56. The minimum absolute atomic E-state index is 0.300. The molecule has 0 saturated heterocycles. The van der Waals surface area contributed by atoms with Crippen molar-refractivity contribution >= 4 is 11.9 Å². The van der Waals surface area contributed by atoms with Crippen molar-refractivity contribution in [1.82, 2.24) is 5.32 Å². The number of carbonyl (C=O) groups excluding carboxylic acids is 2. The molecule has 1 fully saturated rings. The van der Waals surface area contributed by atoms with Gasteiger partial charge in [-0.25, -0.2) is 9.18 Å². The molecule has 0 atom stereocenters. The molecule has 2 rings (SSSR count). The summed E-state index contributed by atoms with van der Waals surface area (Å²) in [5.74, 6) is -0.419. The van der Waals surface area contributed by atoms with E-state index >= 15 is 0 Å². The van der Waals surface area contributed by atoms with E-state index in [1.165, 1.54) is 43.5 Å². The molecule has 1 aromatic rings. The quantitative estimate of drug-likeness (QED) is 0.783. The Hall–Kier alpha value is -2.11. The Morgan fingerprint density at radius 3 is 2.48 bits per heavy atom. The molecule has 126 valence electrons. The first-order chi connectivity index (χ1) is 11.1. The minimum atomic E-state index is -0.637. The zero-order chi connectivity index (χ0) is 16.5. The lowest BCUT2D eigenvalue weighted by Gasteiger charge is -2.21. The lowest BCUT2D eigenvalue weighted by molar-refractivity contribution is -0.150. The van der Waals surface area contributed by atoms with Crippen LogP contribution in [0.1, 0.15) is 32.1 Å². The third-order valence-electron chi connectivity index (χ3n) is 3.85. The maximum absolute atomic E-state index is 12.7. The predicted octanol–water partition coefficient (Wildman–Crippen LogP) is 2.44. The average Bonchev–Trinajstić information content (AvgIpc) is 2.58. The highest BCUT2D eigenvalue weighted by Gasteiger charge is 2.15. The topological polar surface area (TPSA) is 64.6 Å². The van der Waals surface area contributed by atoms with Crippen LogP contribution < -0.4 is 10.1 Å². The van der Waals surface area contributed by atoms with E-state index in [1.807, 2.05) is 0 Å². The van der Waals surface area contributed by atoms with Gasteiger partial charge in [-0.05, 0) is 43.0 Å². The second-order valence-electron chi connectivity index (χ2n) is 5.71. The van der Waals surface area contributed by atoms with Crippen molar-refractivity contribution in [2.24, 2.45) is 5.92 Å². The summed E-state index contributed by atoms with van der Waals surface area (Å²) in [5.41, 5.74) is 0. The number of carbonyl (C=O) groups is 2. The molecule has 0 heterocycles. The van der Waals surface area contributed by atoms with Crippen LogP contribution in [0.15, 0.2) is 24.3 Å². The van der Waals surface area contributed by atoms with Crippen LogP contribution in [-0.2, 0) is 14.3 Å². The monoisotopic (exact) mass is 323 g/mol. The zero-order valence-electron chi connectivity index (χ0n) is 13.1. The summed E-state index contributed by atoms with van der Waals surface area (Å²) < 4.78 is 22.7. The number of rotatable bonds is 7. The van der Waals surface area contributed by atoms with Crippen molar-refractivity contribution in [3.05, 3.63) is 30.1 Å². The highest BCUT2D eigenvalue weighted by Crippen LogP contribution is 2.22. The average molecular weight is 323 g/mol. The fraction of sp³-hybridized carbons (Fsp3) is 0.529. The molecule has 1 N–H and O–H groups in total. The van der Waals surface area contributed by atoms with E-state index in [2.05, 4.69) is 5.32 Å². The molecular formula is C17H22FNO4. The van der Waals surface area contributed by atoms with Gasteiger partial charge in [0.05, 0.1) is 0 Å². The van der Waals surface area contributed by atoms with Gasteiger partial charge in [0.25, 0.3) is 5.91 Å². The molecule has 23 heavy (non-hydrogen) atoms. The summed E-state index contributed by atoms with van der Waals surface area (Å²) in [5, 5.41) is 2.79. The smallest absolute Gasteiger partial charge is 0.344 e. The largest absolute Gasteiger partial charge is 0.482 e. The molecule has 1 aliphatic carbocycles. The van der Waals surface area contributed by atoms with Crippen molar-refractivity contribution in [2.75, 3.05) is 19.8 Å². The van der Waals surface area contributed by atoms with Gasteiger partial charge in [-0.1, -0.05) is 19.3 Å². The zero-order valence-corrected chi connectivity index (χ0v) is 13.1. The molecule has 1 amide bonds. The number of benzene rings is 1. The summed E-state index contributed by atoms with van der Waals surface area (Å²) in [4.78, 5) is 23.1. The molecule has 6 heteroatoms. The Balaban J connectivity index is 1.57. The molecule has 0 aliphatic heterocycles. The van der Waals surface area contributed by atoms with Crippen molar-refractivity contribution < 1.29 is 23.5 Å². The predicted molar refractivity (Wildman–Crippen MR) is 82.4 cm³/mol. The molecule has 0 unspecified atom stereocenters. The lowest BCUT2D eigenvalue weighted by Crippen LogP contribution is -2.34. The number of nitrogens with one attached hydrogen (secondary N) is 1. The summed E-state index contributed by atoms with van der Waals surface area (Å²) in [7, 11) is 0. The van der Waals surface area contributed by atoms with Gasteiger partial charge in [0, 0.05) is 6.54 Å². The summed E-state index contributed by atoms with van der Waals surface area (Å²) in [6.07, 6.45) is 6.00. The van der Waals surface area contributed by atoms with Crippen molar-refractivity contribution in [3.8, 4) is 5.75 Å². The number of hydrogen-bond donors (Lipinski definition) is 1. The van der Waals surface area contributed by atoms with Crippen molar-refractivity contribution in [2.45, 2.75) is 32.1 Å². The lowest BCUT2D eigenvalue weighted by atomic mass is 9.89. The van der Waals surface area contributed by atoms with E-state index in [0.717, 1.165) is 12.8 Å². The maximum atomic E-state index is 12.7. The Morgan fingerprint density at radius 1 is 1.09 bits per heavy atom. The van der Waals surface area contributed by atoms with Crippen LogP contribution in [0, 0.1) is 11.7 Å². The van der Waals surface area contributed by atoms with E-state index in [-0.39, 0.29) is 24.9 Å². The van der Waals surface area contributed by atoms with Crippen molar-refractivity contribution in [3.63, 3.8) is 0 Å². The molecule has 1 saturated carbocycles. The first-order valence-electron chi connectivity index (χ1n) is 7.94. The van der Waals surface area contributed by atoms with Crippen LogP contribution >= 0.6 is 0 Å². The normalized spacial score (nSPS) is 15.0. The van der Waals surface area contributed by atoms with Crippen LogP contribution in [0.2, 0.25) is 0 Å². The Morgan fingerprint density at radius 2 is 1.78 bits per heavy atom. The molecule has 0 aromatic heterocycles. The molecule has 1 aliphatic rings. The Kier molecular flexibility index (Phi) is 6.84. The first kappa shape index (κ1) is 17.2. The maximum Gasteiger partial charge on any atom is 0.344 e. The second-order valence-corrected chi connectivity index (χ2v) is 5.71. The van der Waals surface area contributed by atoms with E-state index in [1.54, 1.807) is 0 Å². The van der Waals surface area contributed by atoms with Crippen molar-refractivity contribution in [1.29, 1.82) is 0 Å². The highest BCUT2D eigenvalue weighted by molar-refractivity contribution is 5.80. The summed E-state index contributed by atoms with van der Waals surface area (Å²) in [6.45, 7) is 0.0162. The van der Waals surface area contributed by atoms with Gasteiger partial charge in [0.15, 0.2) is 13.2 Å². The number of amides is 1. The third-order valence-corrected chi connectivity index (χ3v) is 3.85. The fourth-order valence-electron chi connectivity index (χ4n) is 2.56. The van der Waals surface area contributed by atoms with Gasteiger partial charge in [-0.3, -0.25) is 4.79 Å². The SMILES string of the molecule is O=C(COC(=O)COc1ccc(F)cc1)NCC1CCCCC1. The van der Waals surface area contributed by atoms with Crippen LogP contribution in [-0.4, -0.2) is 31.6 Å². The number of halogens is 1. The standard InChI is InChI=1S/C17H22FNO4/c18-14-6-8-15(9-7-14)22-12-17(21)23-11-16(20)19-10-13-4-2-1-3-5-13/h6-9,13H,1-5,10-12H2,(H,19,20). The van der Waals surface area contributed by atoms with Gasteiger partial charge in [0.2, 0.25) is 0 Å². The minimum Gasteiger partial charge on any atom is -0.482 e. The van der Waals surface area contributed by atoms with Gasteiger partial charge < -0.3 is 14.8 Å². The Labute approximate surface area is 135 Å². The molecule has 1 aromatic carbocycles. The number of hydrogen-bond acceptors (Lipinski definition) is 4. The van der Waals surface area contributed by atoms with Gasteiger partial charge >= 0.3 is 5.97 Å². The molecule has 5 nitrogen and oxygen atoms in total. The van der Waals surface area contributed by atoms with E-state index in [9.17, 15) is 14.0 Å². The second kappa shape index (κ2) is 9.12. The molecular weight excluding hydrogens is 301 g/mol. The number of esters is 1. The van der Waals surface area contributed by atoms with Crippen LogP contribution in [0.4, 0.5) is 4.39 Å². The van der Waals surface area contributed by atoms with Crippen LogP contribution in [0.25, 0.3) is 0 Å². The molecule has 0 bridgehead atoms. The summed E-state index contributed by atoms with van der Waals surface area (Å²) >= 11 is 0. The Bertz CT molecular complexity index is 512. The number of ether oxygens (including phenoxy) is 2. The van der Waals surface area contributed by atoms with Crippen LogP contribution in [0.5, 0.6) is 5.75 Å². The van der Waals surface area contributed by atoms with Crippen LogP contribution in [0.3, 0.4) is 0 Å². The molecule has 0 radical (unpaired) electrons. The highest BCUT2D eigenvalue weighted by atomic mass is 19.1. The van der Waals surface area contributed by atoms with Gasteiger partial charge in [-0.2, -0.15) is 0 Å². The van der Waals surface area contributed by atoms with Gasteiger partial charge in [0.1, 0.15) is 11.6 Å². The molecule has 0 spiro atoms. The summed E-state index contributed by atoms with van der Waals surface area (Å²) in [6, 6.07) is 5.30. The van der Waals surface area contributed by atoms with Gasteiger partial charge in [-0.15, -0.1) is 0 Å². The van der Waals surface area contributed by atoms with E-state index in [4.69, 9.17) is 9.47 Å². The van der Waals surface area contributed by atoms with E-state index in [0.29, 0.717) is 18.2 Å². The first-order valence-corrected chi connectivity index (χ1v) is 7.94.